The van der Waals surface area contributed by atoms with Crippen LogP contribution in [0.1, 0.15) is 163 Å². The summed E-state index contributed by atoms with van der Waals surface area (Å²) in [5, 5.41) is 18.1. The highest BCUT2D eigenvalue weighted by molar-refractivity contribution is 6.74. The topological polar surface area (TPSA) is 171 Å². The van der Waals surface area contributed by atoms with Gasteiger partial charge in [0.2, 0.25) is 0 Å². The largest absolute Gasteiger partial charge is 0.481 e. The molecule has 0 aliphatic rings. The van der Waals surface area contributed by atoms with Crippen molar-refractivity contribution in [2.24, 2.45) is 46.3 Å². The molecule has 81 heavy (non-hydrogen) atoms. The summed E-state index contributed by atoms with van der Waals surface area (Å²) in [7, 11) is -4.28. The molecule has 0 saturated heterocycles. The summed E-state index contributed by atoms with van der Waals surface area (Å²) in [6.07, 6.45) is -6.48. The highest BCUT2D eigenvalue weighted by atomic mass is 28.4. The third-order valence-corrected chi connectivity index (χ3v) is 25.5. The van der Waals surface area contributed by atoms with Crippen molar-refractivity contribution in [2.45, 2.75) is 236 Å². The number of rotatable bonds is 31. The van der Waals surface area contributed by atoms with Gasteiger partial charge >= 0.3 is 24.3 Å². The number of carbonyl (C=O) groups excluding carboxylic acids is 5. The van der Waals surface area contributed by atoms with Gasteiger partial charge in [-0.1, -0.05) is 147 Å². The smallest absolute Gasteiger partial charge is 0.412 e. The number of hydrogen-bond acceptors (Lipinski definition) is 10. The van der Waals surface area contributed by atoms with E-state index < -0.39 is 117 Å². The van der Waals surface area contributed by atoms with E-state index in [0.29, 0.717) is 0 Å². The first-order valence-corrected chi connectivity index (χ1v) is 33.6. The molecule has 0 rings (SSSR count). The molecule has 0 amide bonds. The third kappa shape index (κ3) is 27.0. The summed E-state index contributed by atoms with van der Waals surface area (Å²) in [4.78, 5) is 73.6. The highest BCUT2D eigenvalue weighted by Crippen LogP contribution is 2.44. The zero-order valence-electron chi connectivity index (χ0n) is 53.1. The standard InChI is InChI=1S/C31H51F3O5Si.C21H40O4Si.C10H13F3O2/c1-14-16-24(31(32,33)34)17-18-25(23(6)35)38-26(36)19-21(4)30(10,11)28(37)22(5)27(20(3)15-2)39-40(12,13)29(7,8)9;1-12-14(2)18(25-26(10,11)20(5,6)7)16(4)19(24)21(8,9)15(3)13-17(22)23;1-3-4-8(10(11,12)13)5-6-9(15)7(2)14/h14-15,17,20-22,25,27H,1-2,16,18-19H2,3-13H3;12,14-16,18H,1,13H2,2-11H3,(H,22,23);3,5,9,15H,1,4,6H2,2H3/b24-17+;;8-5+/t20-,21-,22+,25-,27-;14-,15-,16+,18-;9-/m000/s1. The molecule has 468 valence electrons. The molecule has 19 heteroatoms. The minimum Gasteiger partial charge on any atom is -0.481 e. The lowest BCUT2D eigenvalue weighted by Crippen LogP contribution is -2.50. The van der Waals surface area contributed by atoms with Crippen molar-refractivity contribution in [1.29, 1.82) is 0 Å². The molecule has 0 heterocycles. The number of aliphatic carboxylic acids is 1. The normalized spacial score (nSPS) is 17.0. The number of hydrogen-bond donors (Lipinski definition) is 2. The lowest BCUT2D eigenvalue weighted by molar-refractivity contribution is -0.156. The molecule has 0 radical (unpaired) electrons. The minimum atomic E-state index is -4.58. The van der Waals surface area contributed by atoms with Crippen LogP contribution in [0.2, 0.25) is 36.3 Å². The van der Waals surface area contributed by atoms with E-state index in [4.69, 9.17) is 23.8 Å². The number of allylic oxidation sites excluding steroid dienone is 4. The summed E-state index contributed by atoms with van der Waals surface area (Å²) >= 11 is 0. The Bertz CT molecular complexity index is 2180. The van der Waals surface area contributed by atoms with Crippen LogP contribution in [-0.2, 0) is 42.4 Å². The number of alkyl halides is 6. The number of Topliss-reactive ketones (excluding diaryl/α,β-unsaturated/α-hetero) is 4. The lowest BCUT2D eigenvalue weighted by Gasteiger charge is -2.43. The van der Waals surface area contributed by atoms with Gasteiger partial charge in [-0.2, -0.15) is 26.3 Å². The van der Waals surface area contributed by atoms with Gasteiger partial charge in [0.1, 0.15) is 17.7 Å². The number of aliphatic hydroxyl groups is 1. The molecule has 11 nitrogen and oxygen atoms in total. The number of carboxylic acids is 1. The minimum absolute atomic E-state index is 0.0176. The second-order valence-electron chi connectivity index (χ2n) is 25.9. The zero-order chi connectivity index (χ0) is 65.0. The van der Waals surface area contributed by atoms with Crippen molar-refractivity contribution < 1.29 is 78.9 Å². The fourth-order valence-corrected chi connectivity index (χ4v) is 10.6. The molecule has 0 bridgehead atoms. The van der Waals surface area contributed by atoms with Gasteiger partial charge in [0.25, 0.3) is 0 Å². The van der Waals surface area contributed by atoms with Gasteiger partial charge in [-0.15, -0.1) is 26.3 Å². The van der Waals surface area contributed by atoms with Gasteiger partial charge in [-0.05, 0) is 93.0 Å². The number of carboxylic acid groups (broad SMARTS) is 1. The van der Waals surface area contributed by atoms with Crippen molar-refractivity contribution in [3.63, 3.8) is 0 Å². The number of esters is 1. The molecule has 0 aliphatic heterocycles. The second kappa shape index (κ2) is 33.4. The average Bonchev–Trinajstić information content (AvgIpc) is 3.31. The molecular formula is C62H104F6O11Si2. The van der Waals surface area contributed by atoms with Gasteiger partial charge < -0.3 is 23.8 Å². The first kappa shape index (κ1) is 81.2. The number of aliphatic hydroxyl groups excluding tert-OH is 1. The molecule has 0 unspecified atom stereocenters. The first-order chi connectivity index (χ1) is 36.2. The summed E-state index contributed by atoms with van der Waals surface area (Å²) in [6, 6.07) is 0. The number of ether oxygens (including phenoxy) is 1. The predicted octanol–water partition coefficient (Wildman–Crippen LogP) is 16.3. The van der Waals surface area contributed by atoms with E-state index in [-0.39, 0.29) is 77.1 Å². The second-order valence-corrected chi connectivity index (χ2v) is 35.4. The number of carbonyl (C=O) groups is 6. The molecule has 0 fully saturated rings. The summed E-state index contributed by atoms with van der Waals surface area (Å²) in [5.41, 5.74) is -3.33. The van der Waals surface area contributed by atoms with E-state index in [1.165, 1.54) is 0 Å². The first-order valence-electron chi connectivity index (χ1n) is 27.7. The lowest BCUT2D eigenvalue weighted by atomic mass is 9.69. The number of ketones is 4. The van der Waals surface area contributed by atoms with Gasteiger partial charge in [0.15, 0.2) is 34.3 Å². The summed E-state index contributed by atoms with van der Waals surface area (Å²) in [5.74, 6) is -4.35. The maximum Gasteiger partial charge on any atom is 0.412 e. The van der Waals surface area contributed by atoms with Gasteiger partial charge in [-0.25, -0.2) is 0 Å². The Kier molecular flexibility index (Phi) is 33.5. The van der Waals surface area contributed by atoms with Crippen LogP contribution >= 0.6 is 0 Å². The van der Waals surface area contributed by atoms with Crippen LogP contribution < -0.4 is 0 Å². The van der Waals surface area contributed by atoms with E-state index >= 15 is 0 Å². The van der Waals surface area contributed by atoms with Crippen molar-refractivity contribution in [1.82, 2.24) is 0 Å². The molecule has 0 aliphatic carbocycles. The molecule has 0 aromatic carbocycles. The molecule has 10 atom stereocenters. The Morgan fingerprint density at radius 2 is 0.864 bits per heavy atom. The molecule has 0 aromatic heterocycles. The molecular weight excluding hydrogens is 1090 g/mol. The molecule has 0 saturated carbocycles. The van der Waals surface area contributed by atoms with Crippen LogP contribution in [0.5, 0.6) is 0 Å². The Balaban J connectivity index is -0.00000126. The Morgan fingerprint density at radius 1 is 0.543 bits per heavy atom. The third-order valence-electron chi connectivity index (χ3n) is 16.6. The highest BCUT2D eigenvalue weighted by Gasteiger charge is 2.48. The Labute approximate surface area is 485 Å². The SMILES string of the molecule is C=CC/C(=C\C[C@H](O)C(C)=O)C(F)(F)F.C=CC/C(=C\C[C@H](OC(=O)C[C@H](C)C(C)(C)C(=O)[C@H](C)[C@@H](O[Si](C)(C)C(C)(C)C)[C@@H](C)C=C)C(C)=O)C(F)(F)F.C=C[C@H](C)[C@H](O[Si](C)(C)C(C)(C)C)[C@@H](C)C(=O)C(C)(C)[C@@H](C)CC(=O)O. The molecule has 0 aromatic rings. The fourth-order valence-electron chi connectivity index (χ4n) is 7.73. The molecule has 0 spiro atoms. The van der Waals surface area contributed by atoms with Gasteiger partial charge in [0, 0.05) is 53.1 Å². The van der Waals surface area contributed by atoms with Gasteiger partial charge in [-0.3, -0.25) is 28.8 Å². The maximum atomic E-state index is 13.8. The Morgan fingerprint density at radius 3 is 1.12 bits per heavy atom. The van der Waals surface area contributed by atoms with Crippen molar-refractivity contribution in [2.75, 3.05) is 0 Å². The van der Waals surface area contributed by atoms with Crippen LogP contribution in [0.15, 0.2) is 73.9 Å². The monoisotopic (exact) mass is 1190 g/mol. The van der Waals surface area contributed by atoms with E-state index in [2.05, 4.69) is 94.0 Å². The Hall–Kier alpha value is -4.05. The number of halogens is 6. The van der Waals surface area contributed by atoms with E-state index in [9.17, 15) is 55.1 Å². The zero-order valence-corrected chi connectivity index (χ0v) is 55.1. The van der Waals surface area contributed by atoms with Crippen molar-refractivity contribution >= 4 is 51.7 Å². The van der Waals surface area contributed by atoms with Gasteiger partial charge in [0.05, 0.1) is 12.2 Å². The van der Waals surface area contributed by atoms with E-state index in [1.807, 2.05) is 54.5 Å². The maximum absolute atomic E-state index is 13.8. The average molecular weight is 1200 g/mol. The van der Waals surface area contributed by atoms with Crippen molar-refractivity contribution in [3.8, 4) is 0 Å². The molecule has 2 N–H and O–H groups in total. The summed E-state index contributed by atoms with van der Waals surface area (Å²) < 4.78 is 95.0. The van der Waals surface area contributed by atoms with Crippen LogP contribution in [-0.4, -0.2) is 98.7 Å². The van der Waals surface area contributed by atoms with E-state index in [1.54, 1.807) is 26.8 Å². The predicted molar refractivity (Wildman–Crippen MR) is 318 cm³/mol. The van der Waals surface area contributed by atoms with Crippen LogP contribution in [0.3, 0.4) is 0 Å². The summed E-state index contributed by atoms with van der Waals surface area (Å²) in [6.45, 7) is 56.8. The van der Waals surface area contributed by atoms with Crippen LogP contribution in [0.25, 0.3) is 0 Å². The van der Waals surface area contributed by atoms with Crippen molar-refractivity contribution in [3.05, 3.63) is 73.9 Å². The van der Waals surface area contributed by atoms with Crippen LogP contribution in [0.4, 0.5) is 26.3 Å². The fraction of sp³-hybridized carbons (Fsp3) is 0.710. The van der Waals surface area contributed by atoms with Crippen LogP contribution in [0, 0.1) is 46.3 Å². The van der Waals surface area contributed by atoms with E-state index in [0.717, 1.165) is 38.2 Å². The quantitative estimate of drug-likeness (QED) is 0.0293.